The zero-order chi connectivity index (χ0) is 15.4. The van der Waals surface area contributed by atoms with E-state index in [1.807, 2.05) is 18.0 Å². The largest absolute Gasteiger partial charge is 0.345 e. The summed E-state index contributed by atoms with van der Waals surface area (Å²) in [6, 6.07) is 8.54. The number of nitrogens with zero attached hydrogens (tertiary/aromatic N) is 1. The number of nitrogens with two attached hydrogens (primary N) is 1. The third kappa shape index (κ3) is 4.47. The van der Waals surface area contributed by atoms with Crippen LogP contribution in [-0.4, -0.2) is 30.4 Å². The first kappa shape index (κ1) is 19.0. The molecule has 0 spiro atoms. The van der Waals surface area contributed by atoms with Gasteiger partial charge in [-0.1, -0.05) is 38.1 Å². The molecule has 1 aromatic rings. The molecule has 124 valence electrons. The Kier molecular flexibility index (Phi) is 7.37. The lowest BCUT2D eigenvalue weighted by Gasteiger charge is -2.29. The van der Waals surface area contributed by atoms with Crippen molar-refractivity contribution in [3.05, 3.63) is 35.4 Å². The Labute approximate surface area is 140 Å². The minimum atomic E-state index is 0. The summed E-state index contributed by atoms with van der Waals surface area (Å²) in [6.07, 6.45) is 4.04. The van der Waals surface area contributed by atoms with Gasteiger partial charge in [0, 0.05) is 19.6 Å². The molecule has 0 aliphatic heterocycles. The van der Waals surface area contributed by atoms with Gasteiger partial charge in [0.2, 0.25) is 5.91 Å². The fourth-order valence-corrected chi connectivity index (χ4v) is 3.06. The van der Waals surface area contributed by atoms with Crippen molar-refractivity contribution in [1.29, 1.82) is 0 Å². The molecule has 0 bridgehead atoms. The molecule has 2 N–H and O–H groups in total. The summed E-state index contributed by atoms with van der Waals surface area (Å²) in [4.78, 5) is 14.6. The van der Waals surface area contributed by atoms with Gasteiger partial charge in [0.25, 0.3) is 0 Å². The van der Waals surface area contributed by atoms with E-state index in [1.165, 1.54) is 11.1 Å². The lowest BCUT2D eigenvalue weighted by Crippen LogP contribution is -2.37. The van der Waals surface area contributed by atoms with Gasteiger partial charge in [-0.15, -0.1) is 12.4 Å². The number of fused-ring (bicyclic) bond motifs is 1. The highest BCUT2D eigenvalue weighted by Crippen LogP contribution is 2.32. The van der Waals surface area contributed by atoms with Gasteiger partial charge in [-0.25, -0.2) is 0 Å². The van der Waals surface area contributed by atoms with Crippen LogP contribution in [-0.2, 0) is 11.2 Å². The van der Waals surface area contributed by atoms with Crippen LogP contribution in [0.25, 0.3) is 0 Å². The maximum Gasteiger partial charge on any atom is 0.229 e. The fraction of sp³-hybridized carbons (Fsp3) is 0.611. The van der Waals surface area contributed by atoms with Crippen LogP contribution in [0.2, 0.25) is 0 Å². The van der Waals surface area contributed by atoms with E-state index in [4.69, 9.17) is 5.73 Å². The van der Waals surface area contributed by atoms with Gasteiger partial charge in [0.1, 0.15) is 0 Å². The number of aryl methyl sites for hydroxylation is 1. The summed E-state index contributed by atoms with van der Waals surface area (Å²) >= 11 is 0. The third-order valence-electron chi connectivity index (χ3n) is 4.70. The molecule has 3 nitrogen and oxygen atoms in total. The average Bonchev–Trinajstić information content (AvgIpc) is 2.50. The molecule has 0 saturated heterocycles. The third-order valence-corrected chi connectivity index (χ3v) is 4.70. The van der Waals surface area contributed by atoms with Crippen LogP contribution in [0.5, 0.6) is 0 Å². The van der Waals surface area contributed by atoms with E-state index in [2.05, 4.69) is 32.0 Å². The van der Waals surface area contributed by atoms with Crippen molar-refractivity contribution in [1.82, 2.24) is 4.90 Å². The predicted octanol–water partition coefficient (Wildman–Crippen LogP) is 3.36. The van der Waals surface area contributed by atoms with E-state index in [1.54, 1.807) is 0 Å². The summed E-state index contributed by atoms with van der Waals surface area (Å²) in [5, 5.41) is 0. The topological polar surface area (TPSA) is 46.3 Å². The summed E-state index contributed by atoms with van der Waals surface area (Å²) in [5.74, 6) is 0.747. The second-order valence-electron chi connectivity index (χ2n) is 6.60. The maximum atomic E-state index is 12.7. The molecular formula is C18H29ClN2O. The minimum absolute atomic E-state index is 0. The standard InChI is InChI=1S/C18H28N2O.ClH/c1-13(2)17(19)11-12-20(3)18(21)16-10-6-8-14-7-4-5-9-15(14)16;/h4-5,7,9,13,16-17H,6,8,10-12,19H2,1-3H3;1H. The van der Waals surface area contributed by atoms with Gasteiger partial charge in [-0.3, -0.25) is 4.79 Å². The molecule has 4 heteroatoms. The average molecular weight is 325 g/mol. The van der Waals surface area contributed by atoms with E-state index >= 15 is 0 Å². The highest BCUT2D eigenvalue weighted by atomic mass is 35.5. The summed E-state index contributed by atoms with van der Waals surface area (Å²) in [5.41, 5.74) is 8.65. The van der Waals surface area contributed by atoms with Crippen LogP contribution >= 0.6 is 12.4 Å². The summed E-state index contributed by atoms with van der Waals surface area (Å²) in [7, 11) is 1.91. The van der Waals surface area contributed by atoms with E-state index in [-0.39, 0.29) is 30.3 Å². The molecular weight excluding hydrogens is 296 g/mol. The zero-order valence-electron chi connectivity index (χ0n) is 13.9. The number of hydrogen-bond acceptors (Lipinski definition) is 2. The number of carbonyl (C=O) groups excluding carboxylic acids is 1. The van der Waals surface area contributed by atoms with Crippen LogP contribution in [0.15, 0.2) is 24.3 Å². The van der Waals surface area contributed by atoms with Gasteiger partial charge in [0.05, 0.1) is 5.92 Å². The zero-order valence-corrected chi connectivity index (χ0v) is 14.7. The maximum absolute atomic E-state index is 12.7. The first-order valence-electron chi connectivity index (χ1n) is 8.09. The molecule has 0 aromatic heterocycles. The quantitative estimate of drug-likeness (QED) is 0.902. The second-order valence-corrected chi connectivity index (χ2v) is 6.60. The second kappa shape index (κ2) is 8.54. The Morgan fingerprint density at radius 2 is 2.05 bits per heavy atom. The Morgan fingerprint density at radius 3 is 2.73 bits per heavy atom. The molecule has 0 fully saturated rings. The van der Waals surface area contributed by atoms with Crippen LogP contribution in [0.3, 0.4) is 0 Å². The van der Waals surface area contributed by atoms with Crippen molar-refractivity contribution in [3.8, 4) is 0 Å². The number of carbonyl (C=O) groups is 1. The van der Waals surface area contributed by atoms with Crippen molar-refractivity contribution in [2.75, 3.05) is 13.6 Å². The van der Waals surface area contributed by atoms with Gasteiger partial charge in [-0.2, -0.15) is 0 Å². The van der Waals surface area contributed by atoms with Crippen molar-refractivity contribution < 1.29 is 4.79 Å². The van der Waals surface area contributed by atoms with E-state index < -0.39 is 0 Å². The molecule has 2 atom stereocenters. The highest BCUT2D eigenvalue weighted by Gasteiger charge is 2.28. The van der Waals surface area contributed by atoms with Crippen LogP contribution in [0, 0.1) is 5.92 Å². The van der Waals surface area contributed by atoms with Gasteiger partial charge < -0.3 is 10.6 Å². The van der Waals surface area contributed by atoms with E-state index in [0.717, 1.165) is 32.2 Å². The van der Waals surface area contributed by atoms with Crippen molar-refractivity contribution in [2.24, 2.45) is 11.7 Å². The molecule has 2 unspecified atom stereocenters. The monoisotopic (exact) mass is 324 g/mol. The van der Waals surface area contributed by atoms with E-state index in [0.29, 0.717) is 5.92 Å². The highest BCUT2D eigenvalue weighted by molar-refractivity contribution is 5.85. The molecule has 1 aliphatic rings. The van der Waals surface area contributed by atoms with Crippen molar-refractivity contribution >= 4 is 18.3 Å². The molecule has 0 saturated carbocycles. The number of hydrogen-bond donors (Lipinski definition) is 1. The predicted molar refractivity (Wildman–Crippen MR) is 94.4 cm³/mol. The van der Waals surface area contributed by atoms with Crippen molar-refractivity contribution in [2.45, 2.75) is 51.5 Å². The Morgan fingerprint density at radius 1 is 1.36 bits per heavy atom. The molecule has 0 radical (unpaired) electrons. The molecule has 0 heterocycles. The first-order valence-corrected chi connectivity index (χ1v) is 8.09. The molecule has 1 amide bonds. The molecule has 1 aliphatic carbocycles. The number of halogens is 1. The van der Waals surface area contributed by atoms with Crippen LogP contribution in [0.1, 0.15) is 50.2 Å². The summed E-state index contributed by atoms with van der Waals surface area (Å²) in [6.45, 7) is 5.00. The molecule has 22 heavy (non-hydrogen) atoms. The molecule has 1 aromatic carbocycles. The van der Waals surface area contributed by atoms with Crippen molar-refractivity contribution in [3.63, 3.8) is 0 Å². The minimum Gasteiger partial charge on any atom is -0.345 e. The van der Waals surface area contributed by atoms with Gasteiger partial charge in [0.15, 0.2) is 0 Å². The van der Waals surface area contributed by atoms with Crippen LogP contribution in [0.4, 0.5) is 0 Å². The van der Waals surface area contributed by atoms with Gasteiger partial charge in [-0.05, 0) is 42.7 Å². The lowest BCUT2D eigenvalue weighted by atomic mass is 9.82. The Hall–Kier alpha value is -1.06. The number of rotatable bonds is 5. The Balaban J connectivity index is 0.00000242. The smallest absolute Gasteiger partial charge is 0.229 e. The number of likely N-dealkylation sites (N-methyl/N-ethyl adjacent to an activating group) is 1. The first-order chi connectivity index (χ1) is 10.0. The lowest BCUT2D eigenvalue weighted by molar-refractivity contribution is -0.132. The van der Waals surface area contributed by atoms with Gasteiger partial charge >= 0.3 is 0 Å². The normalized spacial score (nSPS) is 18.3. The Bertz CT molecular complexity index is 490. The number of benzene rings is 1. The number of amides is 1. The molecule has 2 rings (SSSR count). The fourth-order valence-electron chi connectivity index (χ4n) is 3.06. The summed E-state index contributed by atoms with van der Waals surface area (Å²) < 4.78 is 0. The SMILES string of the molecule is CC(C)C(N)CCN(C)C(=O)C1CCCc2ccccc21.Cl. The van der Waals surface area contributed by atoms with E-state index in [9.17, 15) is 4.79 Å². The van der Waals surface area contributed by atoms with Crippen LogP contribution < -0.4 is 5.73 Å².